The number of aliphatic hydroxyl groups excluding tert-OH is 1. The zero-order valence-electron chi connectivity index (χ0n) is 12.5. The van der Waals surface area contributed by atoms with Crippen LogP contribution in [0.3, 0.4) is 0 Å². The highest BCUT2D eigenvalue weighted by Crippen LogP contribution is 2.26. The summed E-state index contributed by atoms with van der Waals surface area (Å²) in [7, 11) is 1.86. The number of aromatic nitrogens is 2. The van der Waals surface area contributed by atoms with E-state index in [1.54, 1.807) is 23.0 Å². The SMILES string of the molecule is Cn1cc(C(N[C@@H]2C=C[C@H](CO)C2)c2cccc(F)c2)cn1. The summed E-state index contributed by atoms with van der Waals surface area (Å²) >= 11 is 0. The maximum Gasteiger partial charge on any atom is 0.123 e. The molecule has 4 nitrogen and oxygen atoms in total. The van der Waals surface area contributed by atoms with Gasteiger partial charge in [0.1, 0.15) is 5.82 Å². The first kappa shape index (κ1) is 14.9. The van der Waals surface area contributed by atoms with Crippen LogP contribution in [0.25, 0.3) is 0 Å². The molecule has 0 saturated heterocycles. The van der Waals surface area contributed by atoms with Crippen LogP contribution >= 0.6 is 0 Å². The van der Waals surface area contributed by atoms with Crippen molar-refractivity contribution >= 4 is 0 Å². The summed E-state index contributed by atoms with van der Waals surface area (Å²) in [4.78, 5) is 0. The Hall–Kier alpha value is -1.98. The summed E-state index contributed by atoms with van der Waals surface area (Å²) in [5.74, 6) is -0.0528. The van der Waals surface area contributed by atoms with Gasteiger partial charge in [0, 0.05) is 37.4 Å². The largest absolute Gasteiger partial charge is 0.396 e. The molecule has 1 aromatic heterocycles. The van der Waals surface area contributed by atoms with Crippen molar-refractivity contribution in [2.24, 2.45) is 13.0 Å². The molecule has 1 unspecified atom stereocenters. The van der Waals surface area contributed by atoms with Gasteiger partial charge in [-0.25, -0.2) is 4.39 Å². The Kier molecular flexibility index (Phi) is 4.36. The van der Waals surface area contributed by atoms with E-state index < -0.39 is 0 Å². The van der Waals surface area contributed by atoms with Crippen LogP contribution in [0, 0.1) is 11.7 Å². The van der Waals surface area contributed by atoms with Gasteiger partial charge in [0.15, 0.2) is 0 Å². The van der Waals surface area contributed by atoms with Crippen molar-refractivity contribution < 1.29 is 9.50 Å². The lowest BCUT2D eigenvalue weighted by Gasteiger charge is -2.22. The molecular formula is C17H20FN3O. The second-order valence-corrected chi connectivity index (χ2v) is 5.77. The quantitative estimate of drug-likeness (QED) is 0.832. The first-order chi connectivity index (χ1) is 10.7. The summed E-state index contributed by atoms with van der Waals surface area (Å²) < 4.78 is 15.3. The van der Waals surface area contributed by atoms with E-state index in [2.05, 4.69) is 16.5 Å². The molecule has 2 aromatic rings. The second-order valence-electron chi connectivity index (χ2n) is 5.77. The average Bonchev–Trinajstić information content (AvgIpc) is 3.13. The van der Waals surface area contributed by atoms with E-state index in [9.17, 15) is 9.50 Å². The molecule has 0 fully saturated rings. The fourth-order valence-corrected chi connectivity index (χ4v) is 2.91. The number of nitrogens with one attached hydrogen (secondary N) is 1. The molecule has 0 radical (unpaired) electrons. The molecule has 0 amide bonds. The molecule has 3 atom stereocenters. The van der Waals surface area contributed by atoms with Gasteiger partial charge in [0.2, 0.25) is 0 Å². The minimum Gasteiger partial charge on any atom is -0.396 e. The summed E-state index contributed by atoms with van der Waals surface area (Å²) in [5.41, 5.74) is 1.86. The Bertz CT molecular complexity index is 667. The minimum absolute atomic E-state index is 0.128. The molecule has 1 aromatic carbocycles. The van der Waals surface area contributed by atoms with Gasteiger partial charge in [-0.2, -0.15) is 5.10 Å². The fourth-order valence-electron chi connectivity index (χ4n) is 2.91. The first-order valence-corrected chi connectivity index (χ1v) is 7.45. The second kappa shape index (κ2) is 6.42. The van der Waals surface area contributed by atoms with Crippen LogP contribution in [0.15, 0.2) is 48.8 Å². The Balaban J connectivity index is 1.85. The van der Waals surface area contributed by atoms with Crippen molar-refractivity contribution in [2.75, 3.05) is 6.61 Å². The zero-order valence-corrected chi connectivity index (χ0v) is 12.5. The van der Waals surface area contributed by atoms with E-state index >= 15 is 0 Å². The van der Waals surface area contributed by atoms with Gasteiger partial charge in [0.05, 0.1) is 12.2 Å². The van der Waals surface area contributed by atoms with E-state index in [1.165, 1.54) is 6.07 Å². The van der Waals surface area contributed by atoms with Crippen molar-refractivity contribution in [3.8, 4) is 0 Å². The van der Waals surface area contributed by atoms with Gasteiger partial charge in [0.25, 0.3) is 0 Å². The van der Waals surface area contributed by atoms with E-state index in [0.29, 0.717) is 0 Å². The molecule has 0 saturated carbocycles. The zero-order chi connectivity index (χ0) is 15.5. The third kappa shape index (κ3) is 3.26. The molecule has 0 spiro atoms. The molecule has 2 N–H and O–H groups in total. The molecule has 116 valence electrons. The van der Waals surface area contributed by atoms with Gasteiger partial charge in [-0.3, -0.25) is 10.00 Å². The summed E-state index contributed by atoms with van der Waals surface area (Å²) in [6.07, 6.45) is 8.69. The summed E-state index contributed by atoms with van der Waals surface area (Å²) in [6, 6.07) is 6.66. The lowest BCUT2D eigenvalue weighted by molar-refractivity contribution is 0.245. The highest BCUT2D eigenvalue weighted by molar-refractivity contribution is 5.30. The van der Waals surface area contributed by atoms with Gasteiger partial charge in [-0.15, -0.1) is 0 Å². The number of rotatable bonds is 5. The molecule has 1 aliphatic carbocycles. The number of benzene rings is 1. The molecular weight excluding hydrogens is 281 g/mol. The minimum atomic E-state index is -0.247. The van der Waals surface area contributed by atoms with Crippen LogP contribution in [-0.2, 0) is 7.05 Å². The smallest absolute Gasteiger partial charge is 0.123 e. The predicted octanol–water partition coefficient (Wildman–Crippen LogP) is 2.18. The highest BCUT2D eigenvalue weighted by atomic mass is 19.1. The van der Waals surface area contributed by atoms with Crippen molar-refractivity contribution in [2.45, 2.75) is 18.5 Å². The lowest BCUT2D eigenvalue weighted by atomic mass is 9.99. The van der Waals surface area contributed by atoms with Crippen molar-refractivity contribution in [1.29, 1.82) is 0 Å². The monoisotopic (exact) mass is 301 g/mol. The molecule has 1 aliphatic rings. The van der Waals surface area contributed by atoms with Crippen LogP contribution in [0.4, 0.5) is 4.39 Å². The molecule has 0 aliphatic heterocycles. The molecule has 1 heterocycles. The van der Waals surface area contributed by atoms with Crippen LogP contribution < -0.4 is 5.32 Å². The van der Waals surface area contributed by atoms with Crippen molar-refractivity contribution in [1.82, 2.24) is 15.1 Å². The molecule has 5 heteroatoms. The summed E-state index contributed by atoms with van der Waals surface area (Å²) in [6.45, 7) is 0.159. The van der Waals surface area contributed by atoms with Gasteiger partial charge < -0.3 is 5.11 Å². The number of nitrogens with zero attached hydrogens (tertiary/aromatic N) is 2. The normalized spacial score (nSPS) is 22.1. The Morgan fingerprint density at radius 1 is 1.41 bits per heavy atom. The van der Waals surface area contributed by atoms with Gasteiger partial charge in [-0.05, 0) is 24.1 Å². The average molecular weight is 301 g/mol. The number of hydrogen-bond acceptors (Lipinski definition) is 3. The fraction of sp³-hybridized carbons (Fsp3) is 0.353. The Morgan fingerprint density at radius 2 is 2.27 bits per heavy atom. The van der Waals surface area contributed by atoms with Crippen LogP contribution in [0.5, 0.6) is 0 Å². The van der Waals surface area contributed by atoms with Gasteiger partial charge in [-0.1, -0.05) is 24.3 Å². The molecule has 0 bridgehead atoms. The Morgan fingerprint density at radius 3 is 2.91 bits per heavy atom. The van der Waals surface area contributed by atoms with Crippen LogP contribution in [-0.4, -0.2) is 27.5 Å². The standard InChI is InChI=1S/C17H20FN3O/c1-21-10-14(9-19-21)17(13-3-2-4-15(18)8-13)20-16-6-5-12(7-16)11-22/h2-6,8-10,12,16-17,20,22H,7,11H2,1H3/t12-,16+,17?/m0/s1. The molecule has 3 rings (SSSR count). The van der Waals surface area contributed by atoms with E-state index in [4.69, 9.17) is 0 Å². The number of aliphatic hydroxyl groups is 1. The van der Waals surface area contributed by atoms with Crippen LogP contribution in [0.1, 0.15) is 23.6 Å². The number of halogens is 1. The van der Waals surface area contributed by atoms with Crippen molar-refractivity contribution in [3.05, 3.63) is 65.8 Å². The maximum atomic E-state index is 13.6. The summed E-state index contributed by atoms with van der Waals surface area (Å²) in [5, 5.41) is 17.0. The topological polar surface area (TPSA) is 50.1 Å². The lowest BCUT2D eigenvalue weighted by Crippen LogP contribution is -2.31. The van der Waals surface area contributed by atoms with Crippen molar-refractivity contribution in [3.63, 3.8) is 0 Å². The molecule has 22 heavy (non-hydrogen) atoms. The van der Waals surface area contributed by atoms with E-state index in [-0.39, 0.29) is 30.4 Å². The van der Waals surface area contributed by atoms with Gasteiger partial charge >= 0.3 is 0 Å². The predicted molar refractivity (Wildman–Crippen MR) is 82.7 cm³/mol. The Labute approximate surface area is 129 Å². The van der Waals surface area contributed by atoms with Crippen LogP contribution in [0.2, 0.25) is 0 Å². The third-order valence-corrected chi connectivity index (χ3v) is 4.03. The highest BCUT2D eigenvalue weighted by Gasteiger charge is 2.24. The number of hydrogen-bond donors (Lipinski definition) is 2. The van der Waals surface area contributed by atoms with E-state index in [1.807, 2.05) is 25.4 Å². The van der Waals surface area contributed by atoms with E-state index in [0.717, 1.165) is 17.5 Å². The number of aryl methyl sites for hydroxylation is 1. The first-order valence-electron chi connectivity index (χ1n) is 7.45. The maximum absolute atomic E-state index is 13.6. The third-order valence-electron chi connectivity index (χ3n) is 4.03.